The highest BCUT2D eigenvalue weighted by Gasteiger charge is 2.28. The molecular formula is C24H33ClN4O. The number of benzene rings is 1. The Bertz CT molecular complexity index is 893. The van der Waals surface area contributed by atoms with E-state index < -0.39 is 0 Å². The van der Waals surface area contributed by atoms with E-state index in [0.29, 0.717) is 11.5 Å². The van der Waals surface area contributed by atoms with Gasteiger partial charge in [0.1, 0.15) is 11.5 Å². The van der Waals surface area contributed by atoms with Crippen LogP contribution in [0.25, 0.3) is 0 Å². The maximum atomic E-state index is 13.2. The second-order valence-electron chi connectivity index (χ2n) is 9.34. The third-order valence-electron chi connectivity index (χ3n) is 6.05. The molecule has 2 unspecified atom stereocenters. The fourth-order valence-corrected chi connectivity index (χ4v) is 4.33. The molecule has 2 aromatic rings. The number of nitrogens with one attached hydrogen (secondary N) is 1. The lowest BCUT2D eigenvalue weighted by Crippen LogP contribution is -2.41. The minimum Gasteiger partial charge on any atom is -0.367 e. The standard InChI is InChI=1S/C24H33ClN4O/c1-6-9-20(24(2,3)4)27-21-15-19(26-23(25)28-21)22(30)29(5)18-13-12-16-10-7-8-11-17(16)14-18/h7-8,10-11,15,18,20H,6,9,12-14H2,1-5H3,(H,26,27,28). The number of nitrogens with zero attached hydrogens (tertiary/aromatic N) is 3. The molecular weight excluding hydrogens is 396 g/mol. The molecule has 1 aromatic heterocycles. The van der Waals surface area contributed by atoms with Crippen LogP contribution >= 0.6 is 11.6 Å². The van der Waals surface area contributed by atoms with Crippen molar-refractivity contribution in [3.8, 4) is 0 Å². The summed E-state index contributed by atoms with van der Waals surface area (Å²) in [5.41, 5.74) is 3.10. The van der Waals surface area contributed by atoms with Gasteiger partial charge in [-0.3, -0.25) is 4.79 Å². The summed E-state index contributed by atoms with van der Waals surface area (Å²) in [5.74, 6) is 0.489. The third-order valence-corrected chi connectivity index (χ3v) is 6.22. The summed E-state index contributed by atoms with van der Waals surface area (Å²) in [6.45, 7) is 8.76. The smallest absolute Gasteiger partial charge is 0.272 e. The number of aromatic nitrogens is 2. The Kier molecular flexibility index (Phi) is 7.02. The molecule has 5 nitrogen and oxygen atoms in total. The van der Waals surface area contributed by atoms with Crippen LogP contribution in [-0.4, -0.2) is 39.9 Å². The van der Waals surface area contributed by atoms with Gasteiger partial charge in [0.15, 0.2) is 0 Å². The molecule has 30 heavy (non-hydrogen) atoms. The maximum absolute atomic E-state index is 13.2. The number of halogens is 1. The molecule has 0 radical (unpaired) electrons. The van der Waals surface area contributed by atoms with Gasteiger partial charge in [-0.15, -0.1) is 0 Å². The van der Waals surface area contributed by atoms with Crippen molar-refractivity contribution in [2.45, 2.75) is 71.9 Å². The number of aryl methyl sites for hydroxylation is 1. The lowest BCUT2D eigenvalue weighted by Gasteiger charge is -2.33. The van der Waals surface area contributed by atoms with E-state index >= 15 is 0 Å². The SMILES string of the molecule is CCCC(Nc1cc(C(=O)N(C)C2CCc3ccccc3C2)nc(Cl)n1)C(C)(C)C. The molecule has 1 aliphatic carbocycles. The molecule has 0 bridgehead atoms. The van der Waals surface area contributed by atoms with Crippen LogP contribution in [0.1, 0.15) is 68.6 Å². The average Bonchev–Trinajstić information content (AvgIpc) is 2.71. The van der Waals surface area contributed by atoms with E-state index in [4.69, 9.17) is 11.6 Å². The van der Waals surface area contributed by atoms with Crippen molar-refractivity contribution in [3.63, 3.8) is 0 Å². The van der Waals surface area contributed by atoms with E-state index in [9.17, 15) is 4.79 Å². The molecule has 2 atom stereocenters. The van der Waals surface area contributed by atoms with Crippen LogP contribution in [0.2, 0.25) is 5.28 Å². The number of anilines is 1. The van der Waals surface area contributed by atoms with Crippen molar-refractivity contribution in [3.05, 3.63) is 52.4 Å². The largest absolute Gasteiger partial charge is 0.367 e. The fraction of sp³-hybridized carbons (Fsp3) is 0.542. The lowest BCUT2D eigenvalue weighted by atomic mass is 9.84. The van der Waals surface area contributed by atoms with E-state index in [0.717, 1.165) is 32.1 Å². The summed E-state index contributed by atoms with van der Waals surface area (Å²) >= 11 is 6.19. The summed E-state index contributed by atoms with van der Waals surface area (Å²) in [6, 6.07) is 10.6. The van der Waals surface area contributed by atoms with Crippen LogP contribution in [0.4, 0.5) is 5.82 Å². The highest BCUT2D eigenvalue weighted by molar-refractivity contribution is 6.28. The highest BCUT2D eigenvalue weighted by Crippen LogP contribution is 2.28. The zero-order chi connectivity index (χ0) is 21.9. The first-order chi connectivity index (χ1) is 14.2. The van der Waals surface area contributed by atoms with Crippen molar-refractivity contribution >= 4 is 23.3 Å². The monoisotopic (exact) mass is 428 g/mol. The summed E-state index contributed by atoms with van der Waals surface area (Å²) < 4.78 is 0. The van der Waals surface area contributed by atoms with E-state index in [1.807, 2.05) is 11.9 Å². The Labute approximate surface area is 185 Å². The van der Waals surface area contributed by atoms with Gasteiger partial charge in [-0.1, -0.05) is 58.4 Å². The molecule has 6 heteroatoms. The van der Waals surface area contributed by atoms with Crippen molar-refractivity contribution in [1.82, 2.24) is 14.9 Å². The number of fused-ring (bicyclic) bond motifs is 1. The summed E-state index contributed by atoms with van der Waals surface area (Å²) in [7, 11) is 1.86. The van der Waals surface area contributed by atoms with Gasteiger partial charge in [-0.2, -0.15) is 0 Å². The van der Waals surface area contributed by atoms with Gasteiger partial charge in [0.05, 0.1) is 0 Å². The van der Waals surface area contributed by atoms with E-state index in [1.165, 1.54) is 11.1 Å². The molecule has 3 rings (SSSR count). The van der Waals surface area contributed by atoms with Crippen molar-refractivity contribution in [2.24, 2.45) is 5.41 Å². The molecule has 0 saturated heterocycles. The maximum Gasteiger partial charge on any atom is 0.272 e. The fourth-order valence-electron chi connectivity index (χ4n) is 4.15. The molecule has 1 aliphatic rings. The van der Waals surface area contributed by atoms with Crippen LogP contribution in [0.3, 0.4) is 0 Å². The number of hydrogen-bond donors (Lipinski definition) is 1. The second-order valence-corrected chi connectivity index (χ2v) is 9.68. The molecule has 1 heterocycles. The Morgan fingerprint density at radius 3 is 2.63 bits per heavy atom. The van der Waals surface area contributed by atoms with Gasteiger partial charge in [0.2, 0.25) is 5.28 Å². The van der Waals surface area contributed by atoms with Crippen LogP contribution in [0, 0.1) is 5.41 Å². The van der Waals surface area contributed by atoms with Crippen LogP contribution in [0.5, 0.6) is 0 Å². The Morgan fingerprint density at radius 1 is 1.27 bits per heavy atom. The third kappa shape index (κ3) is 5.31. The quantitative estimate of drug-likeness (QED) is 0.627. The van der Waals surface area contributed by atoms with Gasteiger partial charge in [-0.05, 0) is 53.8 Å². The zero-order valence-electron chi connectivity index (χ0n) is 18.7. The van der Waals surface area contributed by atoms with Crippen LogP contribution < -0.4 is 5.32 Å². The summed E-state index contributed by atoms with van der Waals surface area (Å²) in [6.07, 6.45) is 4.87. The number of carbonyl (C=O) groups is 1. The minimum absolute atomic E-state index is 0.0594. The first-order valence-corrected chi connectivity index (χ1v) is 11.2. The Hall–Kier alpha value is -2.14. The average molecular weight is 429 g/mol. The lowest BCUT2D eigenvalue weighted by molar-refractivity contribution is 0.0712. The van der Waals surface area contributed by atoms with E-state index in [1.54, 1.807) is 6.07 Å². The zero-order valence-corrected chi connectivity index (χ0v) is 19.5. The van der Waals surface area contributed by atoms with Gasteiger partial charge in [0.25, 0.3) is 5.91 Å². The number of hydrogen-bond acceptors (Lipinski definition) is 4. The summed E-state index contributed by atoms with van der Waals surface area (Å²) in [4.78, 5) is 23.6. The molecule has 0 saturated carbocycles. The van der Waals surface area contributed by atoms with Gasteiger partial charge >= 0.3 is 0 Å². The van der Waals surface area contributed by atoms with Gasteiger partial charge < -0.3 is 10.2 Å². The molecule has 162 valence electrons. The molecule has 1 aromatic carbocycles. The highest BCUT2D eigenvalue weighted by atomic mass is 35.5. The van der Waals surface area contributed by atoms with Crippen molar-refractivity contribution in [1.29, 1.82) is 0 Å². The number of carbonyl (C=O) groups excluding carboxylic acids is 1. The number of amides is 1. The minimum atomic E-state index is -0.116. The van der Waals surface area contributed by atoms with Gasteiger partial charge in [-0.25, -0.2) is 9.97 Å². The second kappa shape index (κ2) is 9.34. The number of likely N-dealkylation sites (N-methyl/N-ethyl adjacent to an activating group) is 1. The molecule has 1 N–H and O–H groups in total. The summed E-state index contributed by atoms with van der Waals surface area (Å²) in [5, 5.41) is 3.57. The topological polar surface area (TPSA) is 58.1 Å². The first kappa shape index (κ1) is 22.5. The molecule has 0 spiro atoms. The first-order valence-electron chi connectivity index (χ1n) is 10.8. The van der Waals surface area contributed by atoms with Crippen LogP contribution in [0.15, 0.2) is 30.3 Å². The van der Waals surface area contributed by atoms with E-state index in [2.05, 4.69) is 67.2 Å². The Balaban J connectivity index is 1.77. The molecule has 0 aliphatic heterocycles. The predicted molar refractivity (Wildman–Crippen MR) is 123 cm³/mol. The van der Waals surface area contributed by atoms with E-state index in [-0.39, 0.29) is 28.7 Å². The van der Waals surface area contributed by atoms with Crippen molar-refractivity contribution in [2.75, 3.05) is 12.4 Å². The molecule has 0 fully saturated rings. The normalized spacial score (nSPS) is 17.2. The van der Waals surface area contributed by atoms with Crippen LogP contribution in [-0.2, 0) is 12.8 Å². The predicted octanol–water partition coefficient (Wildman–Crippen LogP) is 5.39. The van der Waals surface area contributed by atoms with Crippen molar-refractivity contribution < 1.29 is 4.79 Å². The van der Waals surface area contributed by atoms with Gasteiger partial charge in [0, 0.05) is 25.2 Å². The molecule has 1 amide bonds. The Morgan fingerprint density at radius 2 is 1.97 bits per heavy atom. The number of rotatable bonds is 6.